The molecule has 1 aliphatic rings. The molecule has 0 aliphatic carbocycles. The van der Waals surface area contributed by atoms with E-state index in [1.807, 2.05) is 7.05 Å². The second kappa shape index (κ2) is 5.83. The number of hydrogen-bond donors (Lipinski definition) is 1. The Balaban J connectivity index is 2.01. The Morgan fingerprint density at radius 1 is 1.40 bits per heavy atom. The number of anilines is 1. The number of nitrogens with one attached hydrogen (secondary N) is 1. The minimum absolute atomic E-state index is 0.0729. The van der Waals surface area contributed by atoms with Crippen molar-refractivity contribution in [3.05, 3.63) is 29.8 Å². The van der Waals surface area contributed by atoms with Gasteiger partial charge >= 0.3 is 6.18 Å². The minimum atomic E-state index is -4.41. The molecule has 1 amide bonds. The molecule has 20 heavy (non-hydrogen) atoms. The fourth-order valence-electron chi connectivity index (χ4n) is 2.22. The molecule has 0 bridgehead atoms. The maximum atomic E-state index is 12.6. The number of benzene rings is 1. The van der Waals surface area contributed by atoms with Crippen LogP contribution in [0.2, 0.25) is 0 Å². The molecule has 0 unspecified atom stereocenters. The van der Waals surface area contributed by atoms with Crippen LogP contribution in [0.25, 0.3) is 0 Å². The molecule has 0 spiro atoms. The molecule has 1 N–H and O–H groups in total. The smallest absolute Gasteiger partial charge is 0.325 e. The van der Waals surface area contributed by atoms with Crippen LogP contribution in [0.5, 0.6) is 0 Å². The Hall–Kier alpha value is -1.56. The lowest BCUT2D eigenvalue weighted by molar-refractivity contribution is -0.137. The van der Waals surface area contributed by atoms with Gasteiger partial charge in [0.15, 0.2) is 0 Å². The molecule has 1 aromatic rings. The fourth-order valence-corrected chi connectivity index (χ4v) is 2.22. The Bertz CT molecular complexity index is 480. The number of amides is 1. The lowest BCUT2D eigenvalue weighted by atomic mass is 9.96. The van der Waals surface area contributed by atoms with E-state index in [2.05, 4.69) is 16.3 Å². The van der Waals surface area contributed by atoms with Crippen molar-refractivity contribution < 1.29 is 18.0 Å². The first-order chi connectivity index (χ1) is 9.36. The van der Waals surface area contributed by atoms with E-state index in [9.17, 15) is 18.0 Å². The van der Waals surface area contributed by atoms with E-state index < -0.39 is 11.7 Å². The number of likely N-dealkylation sites (tertiary alicyclic amines) is 1. The molecule has 1 saturated heterocycles. The zero-order valence-corrected chi connectivity index (χ0v) is 11.1. The van der Waals surface area contributed by atoms with Gasteiger partial charge in [-0.2, -0.15) is 13.2 Å². The topological polar surface area (TPSA) is 32.3 Å². The van der Waals surface area contributed by atoms with Crippen molar-refractivity contribution in [1.29, 1.82) is 0 Å². The van der Waals surface area contributed by atoms with Gasteiger partial charge in [-0.3, -0.25) is 4.79 Å². The van der Waals surface area contributed by atoms with Crippen molar-refractivity contribution in [3.63, 3.8) is 0 Å². The summed E-state index contributed by atoms with van der Waals surface area (Å²) in [4.78, 5) is 14.1. The normalized spacial score (nSPS) is 18.0. The largest absolute Gasteiger partial charge is 0.416 e. The number of nitrogens with zero attached hydrogens (tertiary/aromatic N) is 1. The summed E-state index contributed by atoms with van der Waals surface area (Å²) in [5.41, 5.74) is -0.710. The van der Waals surface area contributed by atoms with Crippen LogP contribution in [0, 0.1) is 12.0 Å². The van der Waals surface area contributed by atoms with Crippen LogP contribution in [-0.2, 0) is 11.0 Å². The van der Waals surface area contributed by atoms with Crippen molar-refractivity contribution >= 4 is 11.6 Å². The molecule has 1 aromatic carbocycles. The number of hydrogen-bond acceptors (Lipinski definition) is 2. The highest BCUT2D eigenvalue weighted by molar-refractivity contribution is 5.92. The van der Waals surface area contributed by atoms with Gasteiger partial charge in [-0.15, -0.1) is 0 Å². The van der Waals surface area contributed by atoms with E-state index in [1.54, 1.807) is 0 Å². The number of piperidine rings is 1. The van der Waals surface area contributed by atoms with Gasteiger partial charge in [-0.25, -0.2) is 0 Å². The molecular weight excluding hydrogens is 269 g/mol. The van der Waals surface area contributed by atoms with Gasteiger partial charge < -0.3 is 10.2 Å². The Morgan fingerprint density at radius 3 is 2.65 bits per heavy atom. The summed E-state index contributed by atoms with van der Waals surface area (Å²) in [7, 11) is 1.98. The van der Waals surface area contributed by atoms with Gasteiger partial charge in [-0.1, -0.05) is 6.07 Å². The van der Waals surface area contributed by atoms with Crippen LogP contribution < -0.4 is 5.32 Å². The average Bonchev–Trinajstić information content (AvgIpc) is 2.38. The minimum Gasteiger partial charge on any atom is -0.325 e. The third-order valence-electron chi connectivity index (χ3n) is 3.48. The first-order valence-electron chi connectivity index (χ1n) is 6.44. The monoisotopic (exact) mass is 285 g/mol. The highest BCUT2D eigenvalue weighted by Crippen LogP contribution is 2.30. The second-order valence-corrected chi connectivity index (χ2v) is 5.06. The maximum Gasteiger partial charge on any atom is 0.416 e. The maximum absolute atomic E-state index is 12.6. The van der Waals surface area contributed by atoms with E-state index in [4.69, 9.17) is 0 Å². The molecule has 6 heteroatoms. The molecule has 0 atom stereocenters. The summed E-state index contributed by atoms with van der Waals surface area (Å²) < 4.78 is 37.7. The molecule has 3 nitrogen and oxygen atoms in total. The lowest BCUT2D eigenvalue weighted by Crippen LogP contribution is -2.35. The van der Waals surface area contributed by atoms with Gasteiger partial charge in [0.25, 0.3) is 0 Å². The molecule has 109 valence electrons. The molecule has 1 aliphatic heterocycles. The molecule has 1 fully saturated rings. The number of rotatable bonds is 2. The predicted molar refractivity (Wildman–Crippen MR) is 69.1 cm³/mol. The molecule has 1 radical (unpaired) electrons. The summed E-state index contributed by atoms with van der Waals surface area (Å²) in [6.07, 6.45) is -2.97. The Kier molecular flexibility index (Phi) is 4.32. The quantitative estimate of drug-likeness (QED) is 0.906. The van der Waals surface area contributed by atoms with Gasteiger partial charge in [0, 0.05) is 17.7 Å². The SMILES string of the molecule is CN1CCC(C(=O)Nc2[c]ccc(C(F)(F)F)c2)CC1. The molecule has 2 rings (SSSR count). The van der Waals surface area contributed by atoms with Crippen molar-refractivity contribution in [3.8, 4) is 0 Å². The summed E-state index contributed by atoms with van der Waals surface area (Å²) in [5.74, 6) is -0.372. The summed E-state index contributed by atoms with van der Waals surface area (Å²) in [5, 5.41) is 2.53. The highest BCUT2D eigenvalue weighted by atomic mass is 19.4. The van der Waals surface area contributed by atoms with Gasteiger partial charge in [-0.05, 0) is 45.1 Å². The number of halogens is 3. The van der Waals surface area contributed by atoms with Crippen molar-refractivity contribution in [2.45, 2.75) is 19.0 Å². The van der Waals surface area contributed by atoms with E-state index >= 15 is 0 Å². The average molecular weight is 285 g/mol. The van der Waals surface area contributed by atoms with Gasteiger partial charge in [0.05, 0.1) is 5.56 Å². The molecular formula is C14H16F3N2O. The van der Waals surface area contributed by atoms with Gasteiger partial charge in [0.1, 0.15) is 0 Å². The first-order valence-corrected chi connectivity index (χ1v) is 6.44. The zero-order valence-electron chi connectivity index (χ0n) is 11.1. The Morgan fingerprint density at radius 2 is 2.05 bits per heavy atom. The molecule has 0 aromatic heterocycles. The van der Waals surface area contributed by atoms with Gasteiger partial charge in [0.2, 0.25) is 5.91 Å². The number of alkyl halides is 3. The lowest BCUT2D eigenvalue weighted by Gasteiger charge is -2.28. The van der Waals surface area contributed by atoms with E-state index in [0.717, 1.165) is 38.1 Å². The third-order valence-corrected chi connectivity index (χ3v) is 3.48. The summed E-state index contributed by atoms with van der Waals surface area (Å²) in [6.45, 7) is 1.65. The van der Waals surface area contributed by atoms with Crippen LogP contribution in [0.4, 0.5) is 18.9 Å². The van der Waals surface area contributed by atoms with E-state index in [1.165, 1.54) is 6.07 Å². The zero-order chi connectivity index (χ0) is 14.8. The summed E-state index contributed by atoms with van der Waals surface area (Å²) in [6, 6.07) is 5.64. The van der Waals surface area contributed by atoms with E-state index in [-0.39, 0.29) is 17.5 Å². The van der Waals surface area contributed by atoms with Crippen LogP contribution in [0.3, 0.4) is 0 Å². The Labute approximate surface area is 115 Å². The van der Waals surface area contributed by atoms with Crippen molar-refractivity contribution in [2.24, 2.45) is 5.92 Å². The molecule has 1 heterocycles. The standard InChI is InChI=1S/C14H16F3N2O/c1-19-7-5-10(6-8-19)13(20)18-12-4-2-3-11(9-12)14(15,16)17/h2-3,9-10H,5-8H2,1H3,(H,18,20). The van der Waals surface area contributed by atoms with Crippen LogP contribution in [0.15, 0.2) is 18.2 Å². The van der Waals surface area contributed by atoms with Crippen molar-refractivity contribution in [2.75, 3.05) is 25.5 Å². The first kappa shape index (κ1) is 14.8. The van der Waals surface area contributed by atoms with Crippen LogP contribution >= 0.6 is 0 Å². The third kappa shape index (κ3) is 3.72. The predicted octanol–water partition coefficient (Wildman–Crippen LogP) is 2.79. The summed E-state index contributed by atoms with van der Waals surface area (Å²) >= 11 is 0. The highest BCUT2D eigenvalue weighted by Gasteiger charge is 2.31. The number of carbonyl (C=O) groups is 1. The van der Waals surface area contributed by atoms with Crippen LogP contribution in [0.1, 0.15) is 18.4 Å². The number of carbonyl (C=O) groups excluding carboxylic acids is 1. The van der Waals surface area contributed by atoms with Crippen molar-refractivity contribution in [1.82, 2.24) is 4.90 Å². The molecule has 0 saturated carbocycles. The van der Waals surface area contributed by atoms with E-state index in [0.29, 0.717) is 0 Å². The fraction of sp³-hybridized carbons (Fsp3) is 0.500. The second-order valence-electron chi connectivity index (χ2n) is 5.06. The van der Waals surface area contributed by atoms with Crippen LogP contribution in [-0.4, -0.2) is 30.9 Å².